The Kier molecular flexibility index (Phi) is 4.68. The Morgan fingerprint density at radius 2 is 2.06 bits per heavy atom. The summed E-state index contributed by atoms with van der Waals surface area (Å²) in [5, 5.41) is 0. The molecule has 0 spiro atoms. The second-order valence-electron chi connectivity index (χ2n) is 5.40. The average molecular weight is 312 g/mol. The van der Waals surface area contributed by atoms with Crippen LogP contribution in [0.3, 0.4) is 0 Å². The summed E-state index contributed by atoms with van der Waals surface area (Å²) in [4.78, 5) is 0. The van der Waals surface area contributed by atoms with Crippen LogP contribution in [0.25, 0.3) is 0 Å². The minimum absolute atomic E-state index is 0.0592. The number of halogens is 1. The number of nitrogens with two attached hydrogens (primary N) is 1. The highest BCUT2D eigenvalue weighted by molar-refractivity contribution is 9.10. The van der Waals surface area contributed by atoms with Crippen molar-refractivity contribution in [1.82, 2.24) is 0 Å². The van der Waals surface area contributed by atoms with E-state index >= 15 is 0 Å². The zero-order valence-corrected chi connectivity index (χ0v) is 12.7. The fraction of sp³-hybridized carbons (Fsp3) is 0.600. The van der Waals surface area contributed by atoms with Crippen LogP contribution in [-0.4, -0.2) is 6.10 Å². The molecule has 1 fully saturated rings. The molecular formula is C15H22BrNO. The zero-order chi connectivity index (χ0) is 13.1. The lowest BCUT2D eigenvalue weighted by atomic mass is 9.88. The molecule has 1 aliphatic carbocycles. The van der Waals surface area contributed by atoms with Gasteiger partial charge in [-0.25, -0.2) is 0 Å². The monoisotopic (exact) mass is 311 g/mol. The van der Waals surface area contributed by atoms with E-state index in [2.05, 4.69) is 35.0 Å². The summed E-state index contributed by atoms with van der Waals surface area (Å²) in [5.74, 6) is 1.59. The maximum absolute atomic E-state index is 6.15. The van der Waals surface area contributed by atoms with Gasteiger partial charge in [0.15, 0.2) is 0 Å². The molecule has 1 aliphatic rings. The summed E-state index contributed by atoms with van der Waals surface area (Å²) >= 11 is 3.58. The van der Waals surface area contributed by atoms with Gasteiger partial charge in [0.05, 0.1) is 4.47 Å². The molecule has 1 aromatic rings. The summed E-state index contributed by atoms with van der Waals surface area (Å²) in [6, 6.07) is 6.21. The molecule has 0 radical (unpaired) electrons. The molecule has 3 unspecified atom stereocenters. The number of hydrogen-bond acceptors (Lipinski definition) is 2. The first-order valence-corrected chi connectivity index (χ1v) is 7.59. The first-order chi connectivity index (χ1) is 8.58. The van der Waals surface area contributed by atoms with Gasteiger partial charge in [0.2, 0.25) is 0 Å². The molecule has 0 aliphatic heterocycles. The third-order valence-corrected chi connectivity index (χ3v) is 4.41. The normalized spacial score (nSPS) is 25.8. The van der Waals surface area contributed by atoms with Crippen molar-refractivity contribution in [3.63, 3.8) is 0 Å². The fourth-order valence-electron chi connectivity index (χ4n) is 2.52. The predicted octanol–water partition coefficient (Wildman–Crippen LogP) is 4.43. The first kappa shape index (κ1) is 13.9. The molecule has 0 saturated heterocycles. The molecule has 0 amide bonds. The molecule has 1 aromatic carbocycles. The molecular weight excluding hydrogens is 290 g/mol. The molecule has 3 heteroatoms. The second kappa shape index (κ2) is 6.07. The maximum atomic E-state index is 6.15. The Bertz CT molecular complexity index is 405. The van der Waals surface area contributed by atoms with Crippen LogP contribution in [0.1, 0.15) is 51.1 Å². The van der Waals surface area contributed by atoms with Crippen LogP contribution in [-0.2, 0) is 0 Å². The first-order valence-electron chi connectivity index (χ1n) is 6.79. The number of rotatable bonds is 3. The number of hydrogen-bond donors (Lipinski definition) is 1. The van der Waals surface area contributed by atoms with E-state index in [1.165, 1.54) is 25.7 Å². The van der Waals surface area contributed by atoms with Crippen LogP contribution in [0.5, 0.6) is 5.75 Å². The summed E-state index contributed by atoms with van der Waals surface area (Å²) in [6.45, 7) is 4.28. The van der Waals surface area contributed by atoms with E-state index in [-0.39, 0.29) is 6.04 Å². The summed E-state index contributed by atoms with van der Waals surface area (Å²) < 4.78 is 7.15. The van der Waals surface area contributed by atoms with E-state index in [4.69, 9.17) is 10.5 Å². The van der Waals surface area contributed by atoms with Crippen LogP contribution >= 0.6 is 15.9 Å². The highest BCUT2D eigenvalue weighted by Gasteiger charge is 2.23. The lowest BCUT2D eigenvalue weighted by molar-refractivity contribution is 0.102. The SMILES string of the molecule is CC(N)c1ccc(OC2CCCCC2C)c(Br)c1. The Morgan fingerprint density at radius 1 is 1.33 bits per heavy atom. The van der Waals surface area contributed by atoms with Gasteiger partial charge in [-0.1, -0.05) is 19.4 Å². The average Bonchev–Trinajstić information content (AvgIpc) is 2.34. The Morgan fingerprint density at radius 3 is 2.67 bits per heavy atom. The lowest BCUT2D eigenvalue weighted by Gasteiger charge is -2.29. The molecule has 3 atom stereocenters. The van der Waals surface area contributed by atoms with Gasteiger partial charge in [-0.3, -0.25) is 0 Å². The molecule has 1 saturated carbocycles. The summed E-state index contributed by atoms with van der Waals surface area (Å²) in [7, 11) is 0. The van der Waals surface area contributed by atoms with Crippen molar-refractivity contribution in [2.75, 3.05) is 0 Å². The van der Waals surface area contributed by atoms with Gasteiger partial charge < -0.3 is 10.5 Å². The highest BCUT2D eigenvalue weighted by Crippen LogP contribution is 2.33. The second-order valence-corrected chi connectivity index (χ2v) is 6.25. The summed E-state index contributed by atoms with van der Waals surface area (Å²) in [5.41, 5.74) is 7.01. The predicted molar refractivity (Wildman–Crippen MR) is 78.8 cm³/mol. The van der Waals surface area contributed by atoms with E-state index in [1.807, 2.05) is 13.0 Å². The van der Waals surface area contributed by atoms with E-state index in [9.17, 15) is 0 Å². The van der Waals surface area contributed by atoms with Gasteiger partial charge in [0.25, 0.3) is 0 Å². The molecule has 18 heavy (non-hydrogen) atoms. The third-order valence-electron chi connectivity index (χ3n) is 3.79. The zero-order valence-electron chi connectivity index (χ0n) is 11.2. The highest BCUT2D eigenvalue weighted by atomic mass is 79.9. The Labute approximate surface area is 118 Å². The van der Waals surface area contributed by atoms with Crippen molar-refractivity contribution >= 4 is 15.9 Å². The molecule has 2 rings (SSSR count). The minimum atomic E-state index is 0.0592. The summed E-state index contributed by atoms with van der Waals surface area (Å²) in [6.07, 6.45) is 5.43. The molecule has 2 nitrogen and oxygen atoms in total. The third kappa shape index (κ3) is 3.27. The van der Waals surface area contributed by atoms with E-state index in [0.29, 0.717) is 12.0 Å². The van der Waals surface area contributed by atoms with Gasteiger partial charge in [0.1, 0.15) is 11.9 Å². The minimum Gasteiger partial charge on any atom is -0.489 e. The van der Waals surface area contributed by atoms with Gasteiger partial charge >= 0.3 is 0 Å². The quantitative estimate of drug-likeness (QED) is 0.896. The standard InChI is InChI=1S/C15H22BrNO/c1-10-5-3-4-6-14(10)18-15-8-7-12(11(2)17)9-13(15)16/h7-11,14H,3-6,17H2,1-2H3. The number of ether oxygens (including phenoxy) is 1. The van der Waals surface area contributed by atoms with Crippen molar-refractivity contribution in [2.24, 2.45) is 11.7 Å². The van der Waals surface area contributed by atoms with E-state index in [1.54, 1.807) is 0 Å². The molecule has 0 aromatic heterocycles. The molecule has 2 N–H and O–H groups in total. The van der Waals surface area contributed by atoms with Crippen LogP contribution < -0.4 is 10.5 Å². The molecule has 0 heterocycles. The smallest absolute Gasteiger partial charge is 0.133 e. The van der Waals surface area contributed by atoms with Crippen molar-refractivity contribution in [2.45, 2.75) is 51.7 Å². The number of benzene rings is 1. The van der Waals surface area contributed by atoms with Gasteiger partial charge in [-0.05, 0) is 65.7 Å². The van der Waals surface area contributed by atoms with Crippen molar-refractivity contribution in [3.05, 3.63) is 28.2 Å². The maximum Gasteiger partial charge on any atom is 0.133 e. The van der Waals surface area contributed by atoms with Gasteiger partial charge in [0, 0.05) is 6.04 Å². The fourth-order valence-corrected chi connectivity index (χ4v) is 3.01. The van der Waals surface area contributed by atoms with Crippen molar-refractivity contribution in [3.8, 4) is 5.75 Å². The van der Waals surface area contributed by atoms with E-state index in [0.717, 1.165) is 15.8 Å². The molecule has 0 bridgehead atoms. The lowest BCUT2D eigenvalue weighted by Crippen LogP contribution is -2.28. The van der Waals surface area contributed by atoms with Crippen LogP contribution in [0.2, 0.25) is 0 Å². The topological polar surface area (TPSA) is 35.2 Å². The van der Waals surface area contributed by atoms with Gasteiger partial charge in [-0.15, -0.1) is 0 Å². The van der Waals surface area contributed by atoms with Crippen molar-refractivity contribution < 1.29 is 4.74 Å². The Balaban J connectivity index is 2.09. The van der Waals surface area contributed by atoms with Crippen molar-refractivity contribution in [1.29, 1.82) is 0 Å². The Hall–Kier alpha value is -0.540. The van der Waals surface area contributed by atoms with Crippen LogP contribution in [0.15, 0.2) is 22.7 Å². The van der Waals surface area contributed by atoms with E-state index < -0.39 is 0 Å². The largest absolute Gasteiger partial charge is 0.489 e. The molecule has 100 valence electrons. The van der Waals surface area contributed by atoms with Crippen LogP contribution in [0.4, 0.5) is 0 Å². The van der Waals surface area contributed by atoms with Gasteiger partial charge in [-0.2, -0.15) is 0 Å². The van der Waals surface area contributed by atoms with Crippen LogP contribution in [0, 0.1) is 5.92 Å².